The van der Waals surface area contributed by atoms with Gasteiger partial charge in [-0.2, -0.15) is 0 Å². The number of benzene rings is 1. The molecule has 0 saturated carbocycles. The van der Waals surface area contributed by atoms with E-state index in [-0.39, 0.29) is 30.4 Å². The summed E-state index contributed by atoms with van der Waals surface area (Å²) in [5.74, 6) is -1.38. The molecule has 2 heterocycles. The number of rotatable bonds is 4. The van der Waals surface area contributed by atoms with Crippen molar-refractivity contribution in [3.63, 3.8) is 0 Å². The molecular weight excluding hydrogens is 373 g/mol. The number of sulfonamides is 1. The molecule has 0 spiro atoms. The molecular formula is C18H24FN3O4S. The Morgan fingerprint density at radius 3 is 2.78 bits per heavy atom. The monoisotopic (exact) mass is 397 g/mol. The summed E-state index contributed by atoms with van der Waals surface area (Å²) in [4.78, 5) is 27.0. The van der Waals surface area contributed by atoms with Gasteiger partial charge in [-0.25, -0.2) is 17.1 Å². The number of hydrogen-bond donors (Lipinski definition) is 1. The zero-order valence-electron chi connectivity index (χ0n) is 15.4. The standard InChI is InChI=1S/C18H24FN3O4S/c1-3-6-22-18(24)16-10-14(11-21(16)7-8-27(22,25)26)20-17(23)13-5-4-12(2)15(19)9-13/h4-5,9,14,16H,3,6-8,10-11H2,1-2H3,(H,20,23). The molecule has 0 aromatic heterocycles. The highest BCUT2D eigenvalue weighted by atomic mass is 32.2. The molecule has 2 amide bonds. The predicted molar refractivity (Wildman–Crippen MR) is 98.2 cm³/mol. The minimum atomic E-state index is -3.59. The van der Waals surface area contributed by atoms with Crippen LogP contribution < -0.4 is 5.32 Å². The molecule has 2 unspecified atom stereocenters. The fourth-order valence-electron chi connectivity index (χ4n) is 3.61. The lowest BCUT2D eigenvalue weighted by atomic mass is 10.1. The lowest BCUT2D eigenvalue weighted by Gasteiger charge is -2.23. The summed E-state index contributed by atoms with van der Waals surface area (Å²) in [5.41, 5.74) is 0.685. The van der Waals surface area contributed by atoms with Crippen LogP contribution in [0.1, 0.15) is 35.7 Å². The van der Waals surface area contributed by atoms with E-state index in [1.165, 1.54) is 6.07 Å². The lowest BCUT2D eigenvalue weighted by Crippen LogP contribution is -2.44. The third kappa shape index (κ3) is 3.98. The maximum Gasteiger partial charge on any atom is 0.253 e. The molecule has 1 N–H and O–H groups in total. The van der Waals surface area contributed by atoms with E-state index < -0.39 is 33.7 Å². The second-order valence-electron chi connectivity index (χ2n) is 7.11. The largest absolute Gasteiger partial charge is 0.348 e. The van der Waals surface area contributed by atoms with Crippen molar-refractivity contribution in [1.29, 1.82) is 0 Å². The Bertz CT molecular complexity index is 858. The Kier molecular flexibility index (Phi) is 5.53. The van der Waals surface area contributed by atoms with E-state index in [1.54, 1.807) is 19.1 Å². The van der Waals surface area contributed by atoms with Gasteiger partial charge in [-0.15, -0.1) is 0 Å². The number of carbonyl (C=O) groups is 2. The first-order chi connectivity index (χ1) is 12.7. The van der Waals surface area contributed by atoms with Crippen molar-refractivity contribution < 1.29 is 22.4 Å². The van der Waals surface area contributed by atoms with Crippen LogP contribution in [0, 0.1) is 12.7 Å². The average Bonchev–Trinajstić information content (AvgIpc) is 2.99. The maximum atomic E-state index is 13.7. The first-order valence-corrected chi connectivity index (χ1v) is 10.7. The minimum Gasteiger partial charge on any atom is -0.348 e. The van der Waals surface area contributed by atoms with Crippen LogP contribution in [0.4, 0.5) is 4.39 Å². The Labute approximate surface area is 158 Å². The van der Waals surface area contributed by atoms with E-state index >= 15 is 0 Å². The van der Waals surface area contributed by atoms with Crippen molar-refractivity contribution in [3.8, 4) is 0 Å². The fourth-order valence-corrected chi connectivity index (χ4v) is 5.16. The van der Waals surface area contributed by atoms with Crippen LogP contribution in [-0.2, 0) is 14.8 Å². The number of nitrogens with one attached hydrogen (secondary N) is 1. The SMILES string of the molecule is CCCN1C(=O)C2CC(NC(=O)c3ccc(C)c(F)c3)CN2CCS1(=O)=O. The molecule has 27 heavy (non-hydrogen) atoms. The topological polar surface area (TPSA) is 86.8 Å². The molecule has 0 bridgehead atoms. The molecule has 148 valence electrons. The Morgan fingerprint density at radius 1 is 1.37 bits per heavy atom. The molecule has 2 fully saturated rings. The van der Waals surface area contributed by atoms with Gasteiger partial charge in [-0.3, -0.25) is 14.5 Å². The van der Waals surface area contributed by atoms with E-state index in [1.807, 2.05) is 11.8 Å². The van der Waals surface area contributed by atoms with Gasteiger partial charge >= 0.3 is 0 Å². The van der Waals surface area contributed by atoms with Crippen molar-refractivity contribution >= 4 is 21.8 Å². The second-order valence-corrected chi connectivity index (χ2v) is 9.12. The van der Waals surface area contributed by atoms with E-state index in [0.717, 1.165) is 4.31 Å². The second kappa shape index (κ2) is 7.55. The highest BCUT2D eigenvalue weighted by molar-refractivity contribution is 7.89. The van der Waals surface area contributed by atoms with Crippen LogP contribution in [-0.4, -0.2) is 66.9 Å². The van der Waals surface area contributed by atoms with Gasteiger partial charge in [0, 0.05) is 31.2 Å². The quantitative estimate of drug-likeness (QED) is 0.815. The Balaban J connectivity index is 1.71. The van der Waals surface area contributed by atoms with Crippen LogP contribution in [0.3, 0.4) is 0 Å². The normalized spacial score (nSPS) is 25.1. The van der Waals surface area contributed by atoms with E-state index in [9.17, 15) is 22.4 Å². The lowest BCUT2D eigenvalue weighted by molar-refractivity contribution is -0.130. The van der Waals surface area contributed by atoms with Gasteiger partial charge in [0.1, 0.15) is 5.82 Å². The molecule has 9 heteroatoms. The highest BCUT2D eigenvalue weighted by Crippen LogP contribution is 2.25. The van der Waals surface area contributed by atoms with Crippen molar-refractivity contribution in [3.05, 3.63) is 35.1 Å². The predicted octanol–water partition coefficient (Wildman–Crippen LogP) is 0.889. The van der Waals surface area contributed by atoms with Gasteiger partial charge in [-0.05, 0) is 37.5 Å². The van der Waals surface area contributed by atoms with Crippen LogP contribution in [0.25, 0.3) is 0 Å². The molecule has 0 aliphatic carbocycles. The smallest absolute Gasteiger partial charge is 0.253 e. The van der Waals surface area contributed by atoms with Crippen molar-refractivity contribution in [2.24, 2.45) is 0 Å². The molecule has 7 nitrogen and oxygen atoms in total. The van der Waals surface area contributed by atoms with Gasteiger partial charge in [0.15, 0.2) is 0 Å². The number of nitrogens with zero attached hydrogens (tertiary/aromatic N) is 2. The molecule has 1 aromatic carbocycles. The molecule has 2 aliphatic rings. The molecule has 3 rings (SSSR count). The summed E-state index contributed by atoms with van der Waals surface area (Å²) in [6.45, 7) is 4.27. The Morgan fingerprint density at radius 2 is 2.11 bits per heavy atom. The number of aryl methyl sites for hydroxylation is 1. The summed E-state index contributed by atoms with van der Waals surface area (Å²) < 4.78 is 39.3. The third-order valence-corrected chi connectivity index (χ3v) is 6.84. The van der Waals surface area contributed by atoms with Gasteiger partial charge in [-0.1, -0.05) is 13.0 Å². The van der Waals surface area contributed by atoms with E-state index in [4.69, 9.17) is 0 Å². The third-order valence-electron chi connectivity index (χ3n) is 5.10. The first kappa shape index (κ1) is 19.8. The molecule has 2 atom stereocenters. The van der Waals surface area contributed by atoms with Gasteiger partial charge < -0.3 is 5.32 Å². The maximum absolute atomic E-state index is 13.7. The van der Waals surface area contributed by atoms with Crippen LogP contribution in [0.15, 0.2) is 18.2 Å². The number of halogens is 1. The zero-order chi connectivity index (χ0) is 19.8. The highest BCUT2D eigenvalue weighted by Gasteiger charge is 2.45. The number of amides is 2. The summed E-state index contributed by atoms with van der Waals surface area (Å²) >= 11 is 0. The number of fused-ring (bicyclic) bond motifs is 1. The molecule has 1 aromatic rings. The Hall–Kier alpha value is -2.00. The molecule has 2 aliphatic heterocycles. The number of carbonyl (C=O) groups excluding carboxylic acids is 2. The van der Waals surface area contributed by atoms with Crippen LogP contribution in [0.2, 0.25) is 0 Å². The summed E-state index contributed by atoms with van der Waals surface area (Å²) in [5, 5.41) is 2.84. The average molecular weight is 397 g/mol. The van der Waals surface area contributed by atoms with Crippen molar-refractivity contribution in [2.75, 3.05) is 25.4 Å². The summed E-state index contributed by atoms with van der Waals surface area (Å²) in [6.07, 6.45) is 0.894. The van der Waals surface area contributed by atoms with Crippen LogP contribution >= 0.6 is 0 Å². The van der Waals surface area contributed by atoms with Crippen molar-refractivity contribution in [1.82, 2.24) is 14.5 Å². The van der Waals surface area contributed by atoms with Gasteiger partial charge in [0.05, 0.1) is 11.8 Å². The summed E-state index contributed by atoms with van der Waals surface area (Å²) in [7, 11) is -3.59. The van der Waals surface area contributed by atoms with Gasteiger partial charge in [0.25, 0.3) is 11.8 Å². The minimum absolute atomic E-state index is 0.112. The molecule has 2 saturated heterocycles. The zero-order valence-corrected chi connectivity index (χ0v) is 16.3. The van der Waals surface area contributed by atoms with Gasteiger partial charge in [0.2, 0.25) is 10.0 Å². The number of hydrogen-bond acceptors (Lipinski definition) is 5. The molecule has 0 radical (unpaired) electrons. The first-order valence-electron chi connectivity index (χ1n) is 9.08. The van der Waals surface area contributed by atoms with Crippen molar-refractivity contribution in [2.45, 2.75) is 38.8 Å². The van der Waals surface area contributed by atoms with E-state index in [0.29, 0.717) is 24.9 Å². The fraction of sp³-hybridized carbons (Fsp3) is 0.556. The van der Waals surface area contributed by atoms with Crippen LogP contribution in [0.5, 0.6) is 0 Å². The summed E-state index contributed by atoms with van der Waals surface area (Å²) in [6, 6.07) is 3.44. The van der Waals surface area contributed by atoms with E-state index in [2.05, 4.69) is 5.32 Å².